The van der Waals surface area contributed by atoms with Crippen LogP contribution >= 0.6 is 0 Å². The number of nitrogens with one attached hydrogen (secondary N) is 1. The lowest BCUT2D eigenvalue weighted by atomic mass is 10.1. The first-order valence-corrected chi connectivity index (χ1v) is 12.0. The van der Waals surface area contributed by atoms with Gasteiger partial charge in [-0.25, -0.2) is 19.4 Å². The summed E-state index contributed by atoms with van der Waals surface area (Å²) in [6.07, 6.45) is 2.53. The van der Waals surface area contributed by atoms with Gasteiger partial charge in [0.15, 0.2) is 11.5 Å². The van der Waals surface area contributed by atoms with E-state index in [1.54, 1.807) is 62.2 Å². The number of nitrogen functional groups attached to an aromatic ring is 1. The zero-order chi connectivity index (χ0) is 26.9. The first-order chi connectivity index (χ1) is 17.4. The van der Waals surface area contributed by atoms with Gasteiger partial charge in [-0.05, 0) is 64.3 Å². The van der Waals surface area contributed by atoms with E-state index < -0.39 is 23.6 Å². The molecule has 1 unspecified atom stereocenters. The van der Waals surface area contributed by atoms with E-state index in [-0.39, 0.29) is 17.3 Å². The Kier molecular flexibility index (Phi) is 6.88. The predicted octanol–water partition coefficient (Wildman–Crippen LogP) is 3.39. The molecule has 1 saturated heterocycles. The minimum absolute atomic E-state index is 0.00657. The Balaban J connectivity index is 1.61. The molecule has 1 fully saturated rings. The summed E-state index contributed by atoms with van der Waals surface area (Å²) in [5, 5.41) is 2.74. The van der Waals surface area contributed by atoms with Crippen LogP contribution in [0, 0.1) is 6.92 Å². The van der Waals surface area contributed by atoms with Crippen molar-refractivity contribution in [1.82, 2.24) is 19.5 Å². The quantitative estimate of drug-likeness (QED) is 0.448. The van der Waals surface area contributed by atoms with Gasteiger partial charge in [0.2, 0.25) is 0 Å². The number of carbonyl (C=O) groups is 3. The molecule has 194 valence electrons. The van der Waals surface area contributed by atoms with Crippen LogP contribution in [-0.4, -0.2) is 49.6 Å². The number of likely N-dealkylation sites (tertiary alicyclic amines) is 1. The maximum absolute atomic E-state index is 12.8. The predicted molar refractivity (Wildman–Crippen MR) is 138 cm³/mol. The fourth-order valence-electron chi connectivity index (χ4n) is 4.21. The van der Waals surface area contributed by atoms with Crippen molar-refractivity contribution in [2.45, 2.75) is 52.2 Å². The largest absolute Gasteiger partial charge is 0.444 e. The van der Waals surface area contributed by atoms with Crippen LogP contribution in [0.1, 0.15) is 71.9 Å². The molecule has 0 radical (unpaired) electrons. The first-order valence-electron chi connectivity index (χ1n) is 12.0. The molecule has 3 aromatic rings. The highest BCUT2D eigenvalue weighted by molar-refractivity contribution is 6.04. The number of benzene rings is 1. The number of aromatic nitrogens is 3. The van der Waals surface area contributed by atoms with E-state index in [9.17, 15) is 14.4 Å². The first kappa shape index (κ1) is 25.7. The molecule has 3 heterocycles. The van der Waals surface area contributed by atoms with Crippen molar-refractivity contribution < 1.29 is 19.1 Å². The van der Waals surface area contributed by atoms with Crippen LogP contribution in [0.4, 0.5) is 10.6 Å². The number of nitrogens with two attached hydrogens (primary N) is 2. The van der Waals surface area contributed by atoms with Crippen molar-refractivity contribution in [2.75, 3.05) is 17.7 Å². The van der Waals surface area contributed by atoms with Gasteiger partial charge in [0, 0.05) is 23.9 Å². The number of nitrogens with zero attached hydrogens (tertiary/aromatic N) is 4. The molecular weight excluding hydrogens is 474 g/mol. The zero-order valence-corrected chi connectivity index (χ0v) is 21.3. The van der Waals surface area contributed by atoms with Gasteiger partial charge in [0.1, 0.15) is 17.1 Å². The van der Waals surface area contributed by atoms with Crippen molar-refractivity contribution in [3.05, 3.63) is 65.2 Å². The molecule has 0 saturated carbocycles. The molecule has 0 aliphatic carbocycles. The van der Waals surface area contributed by atoms with Crippen LogP contribution in [0.5, 0.6) is 0 Å². The monoisotopic (exact) mass is 505 g/mol. The number of amides is 3. The third-order valence-electron chi connectivity index (χ3n) is 5.92. The Hall–Kier alpha value is -4.41. The van der Waals surface area contributed by atoms with Gasteiger partial charge in [-0.3, -0.25) is 14.5 Å². The molecule has 11 nitrogen and oxygen atoms in total. The maximum Gasteiger partial charge on any atom is 0.410 e. The second-order valence-corrected chi connectivity index (χ2v) is 9.99. The molecular formula is C26H31N7O4. The van der Waals surface area contributed by atoms with Crippen molar-refractivity contribution in [3.8, 4) is 11.3 Å². The van der Waals surface area contributed by atoms with E-state index in [2.05, 4.69) is 15.3 Å². The molecule has 0 bridgehead atoms. The number of pyridine rings is 1. The molecule has 2 aromatic heterocycles. The molecule has 5 N–H and O–H groups in total. The van der Waals surface area contributed by atoms with E-state index in [0.717, 1.165) is 16.7 Å². The zero-order valence-electron chi connectivity index (χ0n) is 21.3. The normalized spacial score (nSPS) is 15.5. The molecule has 1 aliphatic rings. The lowest BCUT2D eigenvalue weighted by Gasteiger charge is -2.28. The summed E-state index contributed by atoms with van der Waals surface area (Å²) in [7, 11) is 0. The summed E-state index contributed by atoms with van der Waals surface area (Å²) < 4.78 is 6.69. The third kappa shape index (κ3) is 5.55. The lowest BCUT2D eigenvalue weighted by Crippen LogP contribution is -2.38. The average molecular weight is 506 g/mol. The Morgan fingerprint density at radius 1 is 1.11 bits per heavy atom. The van der Waals surface area contributed by atoms with Gasteiger partial charge in [0.05, 0.1) is 6.04 Å². The summed E-state index contributed by atoms with van der Waals surface area (Å²) >= 11 is 0. The number of hydrogen-bond donors (Lipinski definition) is 3. The molecule has 1 atom stereocenters. The number of aryl methyl sites for hydroxylation is 1. The minimum atomic E-state index is -0.759. The number of ether oxygens (including phenoxy) is 1. The Labute approximate surface area is 214 Å². The molecule has 1 aromatic carbocycles. The lowest BCUT2D eigenvalue weighted by molar-refractivity contribution is 0.0217. The number of primary amides is 1. The summed E-state index contributed by atoms with van der Waals surface area (Å²) in [4.78, 5) is 48.2. The molecule has 3 amide bonds. The summed E-state index contributed by atoms with van der Waals surface area (Å²) in [6.45, 7) is 7.78. The van der Waals surface area contributed by atoms with Crippen LogP contribution in [0.15, 0.2) is 42.6 Å². The van der Waals surface area contributed by atoms with Crippen LogP contribution in [0.3, 0.4) is 0 Å². The van der Waals surface area contributed by atoms with Gasteiger partial charge in [-0.2, -0.15) is 0 Å². The van der Waals surface area contributed by atoms with E-state index in [1.807, 2.05) is 13.0 Å². The third-order valence-corrected chi connectivity index (χ3v) is 5.92. The van der Waals surface area contributed by atoms with E-state index in [1.165, 1.54) is 0 Å². The molecule has 4 rings (SSSR count). The van der Waals surface area contributed by atoms with E-state index in [4.69, 9.17) is 16.3 Å². The van der Waals surface area contributed by atoms with Gasteiger partial charge in [-0.15, -0.1) is 0 Å². The standard InChI is InChI=1S/C26H31N7O4/c1-15-7-12-19(29-14-15)30-24(35)17-10-8-16(9-11-17)20-21(22(27)34)33(28)23(31-20)18-6-5-13-32(18)25(36)37-26(2,3)4/h7-12,14,18H,5-6,13,28H2,1-4H3,(H2,27,34)(H,29,30,35). The summed E-state index contributed by atoms with van der Waals surface area (Å²) in [5.74, 6) is 5.97. The fourth-order valence-corrected chi connectivity index (χ4v) is 4.21. The Morgan fingerprint density at radius 2 is 1.81 bits per heavy atom. The fraction of sp³-hybridized carbons (Fsp3) is 0.346. The van der Waals surface area contributed by atoms with Crippen molar-refractivity contribution in [2.24, 2.45) is 5.73 Å². The minimum Gasteiger partial charge on any atom is -0.444 e. The Bertz CT molecular complexity index is 1320. The Morgan fingerprint density at radius 3 is 2.41 bits per heavy atom. The highest BCUT2D eigenvalue weighted by atomic mass is 16.6. The molecule has 0 spiro atoms. The maximum atomic E-state index is 12.8. The van der Waals surface area contributed by atoms with Crippen molar-refractivity contribution >= 4 is 23.7 Å². The topological polar surface area (TPSA) is 158 Å². The smallest absolute Gasteiger partial charge is 0.410 e. The van der Waals surface area contributed by atoms with E-state index in [0.29, 0.717) is 35.7 Å². The number of anilines is 1. The number of rotatable bonds is 5. The van der Waals surface area contributed by atoms with Gasteiger partial charge in [-0.1, -0.05) is 18.2 Å². The molecule has 11 heteroatoms. The second-order valence-electron chi connectivity index (χ2n) is 9.99. The highest BCUT2D eigenvalue weighted by Gasteiger charge is 2.37. The summed E-state index contributed by atoms with van der Waals surface area (Å²) in [5.41, 5.74) is 7.21. The van der Waals surface area contributed by atoms with Crippen LogP contribution < -0.4 is 16.9 Å². The number of carbonyl (C=O) groups excluding carboxylic acids is 3. The van der Waals surface area contributed by atoms with Crippen LogP contribution in [-0.2, 0) is 4.74 Å². The van der Waals surface area contributed by atoms with Crippen LogP contribution in [0.2, 0.25) is 0 Å². The van der Waals surface area contributed by atoms with Gasteiger partial charge >= 0.3 is 6.09 Å². The summed E-state index contributed by atoms with van der Waals surface area (Å²) in [6, 6.07) is 9.65. The molecule has 1 aliphatic heterocycles. The average Bonchev–Trinajstić information content (AvgIpc) is 3.44. The van der Waals surface area contributed by atoms with Gasteiger partial charge in [0.25, 0.3) is 11.8 Å². The number of hydrogen-bond acceptors (Lipinski definition) is 7. The highest BCUT2D eigenvalue weighted by Crippen LogP contribution is 2.35. The van der Waals surface area contributed by atoms with Crippen molar-refractivity contribution in [3.63, 3.8) is 0 Å². The SMILES string of the molecule is Cc1ccc(NC(=O)c2ccc(-c3nc(C4CCCN4C(=O)OC(C)(C)C)n(N)c3C(N)=O)cc2)nc1. The van der Waals surface area contributed by atoms with Gasteiger partial charge < -0.3 is 21.6 Å². The van der Waals surface area contributed by atoms with Crippen molar-refractivity contribution in [1.29, 1.82) is 0 Å². The second kappa shape index (κ2) is 9.92. The number of imidazole rings is 1. The molecule has 37 heavy (non-hydrogen) atoms. The van der Waals surface area contributed by atoms with Crippen LogP contribution in [0.25, 0.3) is 11.3 Å². The van der Waals surface area contributed by atoms with E-state index >= 15 is 0 Å².